The first-order valence-corrected chi connectivity index (χ1v) is 7.96. The quantitative estimate of drug-likeness (QED) is 0.854. The number of benzene rings is 1. The van der Waals surface area contributed by atoms with Crippen molar-refractivity contribution in [1.29, 1.82) is 0 Å². The number of ether oxygens (including phenoxy) is 1. The second-order valence-electron chi connectivity index (χ2n) is 6.72. The molecule has 4 nitrogen and oxygen atoms in total. The topological polar surface area (TPSA) is 32.8 Å². The Morgan fingerprint density at radius 2 is 1.96 bits per heavy atom. The summed E-state index contributed by atoms with van der Waals surface area (Å²) in [4.78, 5) is 16.5. The number of hydrogen-bond acceptors (Lipinski definition) is 3. The van der Waals surface area contributed by atoms with Gasteiger partial charge in [0, 0.05) is 25.1 Å². The van der Waals surface area contributed by atoms with Crippen LogP contribution >= 0.6 is 0 Å². The molecule has 2 aliphatic heterocycles. The van der Waals surface area contributed by atoms with E-state index in [0.717, 1.165) is 25.9 Å². The molecule has 1 aromatic rings. The van der Waals surface area contributed by atoms with Crippen molar-refractivity contribution in [3.8, 4) is 5.75 Å². The van der Waals surface area contributed by atoms with Crippen LogP contribution in [0.15, 0.2) is 24.3 Å². The Morgan fingerprint density at radius 1 is 1.26 bits per heavy atom. The van der Waals surface area contributed by atoms with Crippen molar-refractivity contribution in [2.24, 2.45) is 5.41 Å². The molecule has 1 spiro atoms. The van der Waals surface area contributed by atoms with Gasteiger partial charge in [0.2, 0.25) is 5.91 Å². The second kappa shape index (κ2) is 6.43. The molecule has 1 aromatic carbocycles. The monoisotopic (exact) mass is 324 g/mol. The van der Waals surface area contributed by atoms with Crippen LogP contribution in [0.2, 0.25) is 0 Å². The summed E-state index contributed by atoms with van der Waals surface area (Å²) in [6, 6.07) is 6.70. The van der Waals surface area contributed by atoms with E-state index in [1.54, 1.807) is 23.1 Å². The lowest BCUT2D eigenvalue weighted by Crippen LogP contribution is -2.39. The number of hydrogen-bond donors (Lipinski definition) is 0. The van der Waals surface area contributed by atoms with Crippen LogP contribution in [0.4, 0.5) is 8.78 Å². The molecule has 23 heavy (non-hydrogen) atoms. The van der Waals surface area contributed by atoms with E-state index in [4.69, 9.17) is 0 Å². The maximum Gasteiger partial charge on any atom is 0.387 e. The van der Waals surface area contributed by atoms with E-state index in [0.29, 0.717) is 25.1 Å². The van der Waals surface area contributed by atoms with Crippen molar-refractivity contribution in [1.82, 2.24) is 9.80 Å². The Labute approximate surface area is 135 Å². The zero-order valence-corrected chi connectivity index (χ0v) is 13.3. The van der Waals surface area contributed by atoms with Gasteiger partial charge < -0.3 is 14.5 Å². The maximum absolute atomic E-state index is 12.5. The average molecular weight is 324 g/mol. The molecule has 0 aromatic heterocycles. The Kier molecular flexibility index (Phi) is 4.53. The number of likely N-dealkylation sites (tertiary alicyclic amines) is 2. The van der Waals surface area contributed by atoms with Gasteiger partial charge in [0.25, 0.3) is 0 Å². The zero-order valence-electron chi connectivity index (χ0n) is 13.3. The molecule has 0 bridgehead atoms. The molecule has 2 heterocycles. The van der Waals surface area contributed by atoms with Gasteiger partial charge in [-0.05, 0) is 44.5 Å². The molecule has 126 valence electrons. The minimum atomic E-state index is -2.86. The SMILES string of the molecule is CN1CCC2(CC1)CC(=O)N(Cc1ccccc1OC(F)F)C2. The normalized spacial score (nSPS) is 21.4. The van der Waals surface area contributed by atoms with Gasteiger partial charge in [0.1, 0.15) is 5.75 Å². The third-order valence-electron chi connectivity index (χ3n) is 5.00. The highest BCUT2D eigenvalue weighted by Gasteiger charge is 2.44. The van der Waals surface area contributed by atoms with Gasteiger partial charge in [0.15, 0.2) is 0 Å². The number of rotatable bonds is 4. The molecule has 0 atom stereocenters. The molecule has 0 N–H and O–H groups in total. The lowest BCUT2D eigenvalue weighted by molar-refractivity contribution is -0.128. The highest BCUT2D eigenvalue weighted by atomic mass is 19.3. The Bertz CT molecular complexity index is 571. The van der Waals surface area contributed by atoms with Gasteiger partial charge in [-0.25, -0.2) is 0 Å². The average Bonchev–Trinajstić information content (AvgIpc) is 2.80. The minimum Gasteiger partial charge on any atom is -0.434 e. The molecule has 0 radical (unpaired) electrons. The number of carbonyl (C=O) groups is 1. The first-order valence-electron chi connectivity index (χ1n) is 7.96. The number of halogens is 2. The number of amides is 1. The standard InChI is InChI=1S/C17H22F2N2O2/c1-20-8-6-17(7-9-20)10-15(22)21(12-17)11-13-4-2-3-5-14(13)23-16(18)19/h2-5,16H,6-12H2,1H3. The van der Waals surface area contributed by atoms with Crippen LogP contribution in [0.1, 0.15) is 24.8 Å². The summed E-state index contributed by atoms with van der Waals surface area (Å²) < 4.78 is 29.6. The summed E-state index contributed by atoms with van der Waals surface area (Å²) in [7, 11) is 2.10. The van der Waals surface area contributed by atoms with Crippen LogP contribution in [0, 0.1) is 5.41 Å². The summed E-state index contributed by atoms with van der Waals surface area (Å²) in [6.07, 6.45) is 2.60. The summed E-state index contributed by atoms with van der Waals surface area (Å²) in [6.45, 7) is 0.200. The zero-order chi connectivity index (χ0) is 16.4. The molecule has 0 aliphatic carbocycles. The van der Waals surface area contributed by atoms with Gasteiger partial charge >= 0.3 is 6.61 Å². The van der Waals surface area contributed by atoms with E-state index >= 15 is 0 Å². The third kappa shape index (κ3) is 3.63. The fraction of sp³-hybridized carbons (Fsp3) is 0.588. The largest absolute Gasteiger partial charge is 0.434 e. The molecule has 0 unspecified atom stereocenters. The van der Waals surface area contributed by atoms with Gasteiger partial charge in [-0.1, -0.05) is 18.2 Å². The van der Waals surface area contributed by atoms with Crippen LogP contribution in [0.25, 0.3) is 0 Å². The van der Waals surface area contributed by atoms with Gasteiger partial charge in [-0.3, -0.25) is 4.79 Å². The maximum atomic E-state index is 12.5. The van der Waals surface area contributed by atoms with Crippen LogP contribution in [0.5, 0.6) is 5.75 Å². The second-order valence-corrected chi connectivity index (χ2v) is 6.72. The lowest BCUT2D eigenvalue weighted by Gasteiger charge is -2.37. The summed E-state index contributed by atoms with van der Waals surface area (Å²) in [5.74, 6) is 0.265. The number of para-hydroxylation sites is 1. The van der Waals surface area contributed by atoms with Crippen molar-refractivity contribution >= 4 is 5.91 Å². The smallest absolute Gasteiger partial charge is 0.387 e. The number of nitrogens with zero attached hydrogens (tertiary/aromatic N) is 2. The van der Waals surface area contributed by atoms with E-state index in [9.17, 15) is 13.6 Å². The third-order valence-corrected chi connectivity index (χ3v) is 5.00. The summed E-state index contributed by atoms with van der Waals surface area (Å²) in [5, 5.41) is 0. The number of piperidine rings is 1. The van der Waals surface area contributed by atoms with Gasteiger partial charge in [-0.2, -0.15) is 8.78 Å². The Morgan fingerprint density at radius 3 is 2.65 bits per heavy atom. The van der Waals surface area contributed by atoms with Crippen molar-refractivity contribution < 1.29 is 18.3 Å². The Balaban J connectivity index is 1.70. The van der Waals surface area contributed by atoms with Crippen LogP contribution < -0.4 is 4.74 Å². The summed E-state index contributed by atoms with van der Waals surface area (Å²) >= 11 is 0. The first-order chi connectivity index (χ1) is 11.0. The molecule has 1 amide bonds. The molecule has 6 heteroatoms. The van der Waals surface area contributed by atoms with Crippen LogP contribution in [-0.2, 0) is 11.3 Å². The highest BCUT2D eigenvalue weighted by molar-refractivity contribution is 5.79. The fourth-order valence-electron chi connectivity index (χ4n) is 3.60. The van der Waals surface area contributed by atoms with Crippen molar-refractivity contribution in [3.63, 3.8) is 0 Å². The molecule has 3 rings (SSSR count). The lowest BCUT2D eigenvalue weighted by atomic mass is 9.78. The van der Waals surface area contributed by atoms with E-state index in [2.05, 4.69) is 16.7 Å². The first kappa shape index (κ1) is 16.2. The van der Waals surface area contributed by atoms with Crippen molar-refractivity contribution in [2.45, 2.75) is 32.4 Å². The van der Waals surface area contributed by atoms with Gasteiger partial charge in [-0.15, -0.1) is 0 Å². The van der Waals surface area contributed by atoms with Crippen molar-refractivity contribution in [3.05, 3.63) is 29.8 Å². The molecular formula is C17H22F2N2O2. The van der Waals surface area contributed by atoms with E-state index < -0.39 is 6.61 Å². The van der Waals surface area contributed by atoms with Crippen LogP contribution in [-0.4, -0.2) is 49.0 Å². The van der Waals surface area contributed by atoms with E-state index in [1.165, 1.54) is 6.07 Å². The molecular weight excluding hydrogens is 302 g/mol. The molecule has 2 fully saturated rings. The van der Waals surface area contributed by atoms with Gasteiger partial charge in [0.05, 0.1) is 0 Å². The van der Waals surface area contributed by atoms with E-state index in [-0.39, 0.29) is 17.1 Å². The highest BCUT2D eigenvalue weighted by Crippen LogP contribution is 2.41. The molecule has 0 saturated carbocycles. The number of carbonyl (C=O) groups excluding carboxylic acids is 1. The molecule has 2 aliphatic rings. The minimum absolute atomic E-state index is 0.0576. The summed E-state index contributed by atoms with van der Waals surface area (Å²) in [5.41, 5.74) is 0.688. The Hall–Kier alpha value is -1.69. The predicted molar refractivity (Wildman–Crippen MR) is 82.3 cm³/mol. The van der Waals surface area contributed by atoms with Crippen molar-refractivity contribution in [2.75, 3.05) is 26.7 Å². The predicted octanol–water partition coefficient (Wildman–Crippen LogP) is 2.73. The molecule has 2 saturated heterocycles. The fourth-order valence-corrected chi connectivity index (χ4v) is 3.60. The van der Waals surface area contributed by atoms with Crippen LogP contribution in [0.3, 0.4) is 0 Å². The van der Waals surface area contributed by atoms with E-state index in [1.807, 2.05) is 0 Å². The number of alkyl halides is 2.